The van der Waals surface area contributed by atoms with E-state index in [9.17, 15) is 4.57 Å². The molecule has 1 rings (SSSR count). The summed E-state index contributed by atoms with van der Waals surface area (Å²) in [4.78, 5) is 0. The Labute approximate surface area is 83.6 Å². The van der Waals surface area contributed by atoms with E-state index in [0.717, 1.165) is 0 Å². The molecule has 1 aromatic carbocycles. The van der Waals surface area contributed by atoms with Crippen LogP contribution < -0.4 is 5.30 Å². The second-order valence-corrected chi connectivity index (χ2v) is 4.63. The molecule has 0 amide bonds. The fourth-order valence-corrected chi connectivity index (χ4v) is 2.21. The molecule has 4 heteroatoms. The second-order valence-electron chi connectivity index (χ2n) is 2.49. The van der Waals surface area contributed by atoms with E-state index in [2.05, 4.69) is 5.92 Å². The minimum absolute atomic E-state index is 0.0278. The van der Waals surface area contributed by atoms with Crippen molar-refractivity contribution in [2.45, 2.75) is 0 Å². The van der Waals surface area contributed by atoms with Crippen molar-refractivity contribution >= 4 is 12.9 Å². The lowest BCUT2D eigenvalue weighted by molar-refractivity contribution is 0.268. The highest BCUT2D eigenvalue weighted by Gasteiger charge is 2.24. The maximum atomic E-state index is 12.0. The van der Waals surface area contributed by atoms with Crippen molar-refractivity contribution in [1.29, 1.82) is 0 Å². The molecule has 74 valence electrons. The van der Waals surface area contributed by atoms with Gasteiger partial charge in [-0.3, -0.25) is 9.09 Å². The number of rotatable bonds is 4. The molecule has 0 spiro atoms. The monoisotopic (exact) mass is 210 g/mol. The summed E-state index contributed by atoms with van der Waals surface area (Å²) in [7, 11) is -1.87. The summed E-state index contributed by atoms with van der Waals surface area (Å²) in [5.74, 6) is 2.25. The van der Waals surface area contributed by atoms with Gasteiger partial charge in [0.25, 0.3) is 0 Å². The van der Waals surface area contributed by atoms with Gasteiger partial charge in [0.1, 0.15) is 6.61 Å². The quantitative estimate of drug-likeness (QED) is 0.561. The molecule has 0 saturated carbocycles. The Hall–Kier alpha value is -1.07. The molecular formula is C10H11O3P. The summed E-state index contributed by atoms with van der Waals surface area (Å²) in [6.45, 7) is -0.0278. The summed E-state index contributed by atoms with van der Waals surface area (Å²) in [5, 5.41) is 0.512. The van der Waals surface area contributed by atoms with Crippen LogP contribution in [-0.4, -0.2) is 13.7 Å². The van der Waals surface area contributed by atoms with Crippen molar-refractivity contribution in [2.24, 2.45) is 0 Å². The number of hydrogen-bond donors (Lipinski definition) is 0. The van der Waals surface area contributed by atoms with E-state index in [1.165, 1.54) is 7.11 Å². The molecule has 0 aromatic heterocycles. The molecule has 0 aliphatic rings. The molecule has 0 fully saturated rings. The molecule has 0 saturated heterocycles. The van der Waals surface area contributed by atoms with E-state index in [1.807, 2.05) is 6.07 Å². The van der Waals surface area contributed by atoms with Gasteiger partial charge in [-0.05, 0) is 12.1 Å². The van der Waals surface area contributed by atoms with Gasteiger partial charge in [-0.1, -0.05) is 24.1 Å². The minimum atomic E-state index is -3.21. The molecule has 0 radical (unpaired) electrons. The fourth-order valence-electron chi connectivity index (χ4n) is 0.965. The molecule has 0 heterocycles. The Balaban J connectivity index is 2.92. The highest BCUT2D eigenvalue weighted by Crippen LogP contribution is 2.45. The predicted octanol–water partition coefficient (Wildman–Crippen LogP) is 1.80. The Morgan fingerprint density at radius 1 is 1.43 bits per heavy atom. The molecule has 3 nitrogen and oxygen atoms in total. The van der Waals surface area contributed by atoms with Crippen LogP contribution in [0.5, 0.6) is 0 Å². The third kappa shape index (κ3) is 2.46. The van der Waals surface area contributed by atoms with Gasteiger partial charge in [0.15, 0.2) is 0 Å². The summed E-state index contributed by atoms with van der Waals surface area (Å²) >= 11 is 0. The molecule has 1 unspecified atom stereocenters. The highest BCUT2D eigenvalue weighted by atomic mass is 31.2. The van der Waals surface area contributed by atoms with Crippen LogP contribution in [-0.2, 0) is 13.6 Å². The predicted molar refractivity (Wildman–Crippen MR) is 55.5 cm³/mol. The van der Waals surface area contributed by atoms with Gasteiger partial charge in [0.2, 0.25) is 0 Å². The number of hydrogen-bond acceptors (Lipinski definition) is 3. The van der Waals surface area contributed by atoms with Crippen molar-refractivity contribution in [2.75, 3.05) is 13.7 Å². The first-order valence-corrected chi connectivity index (χ1v) is 5.56. The SMILES string of the molecule is C#CCOP(=O)(OC)c1ccccc1. The summed E-state index contributed by atoms with van der Waals surface area (Å²) in [6.07, 6.45) is 5.02. The maximum absolute atomic E-state index is 12.0. The maximum Gasteiger partial charge on any atom is 0.361 e. The van der Waals surface area contributed by atoms with Crippen molar-refractivity contribution in [3.8, 4) is 12.3 Å². The Kier molecular flexibility index (Phi) is 3.91. The topological polar surface area (TPSA) is 35.5 Å². The first-order valence-electron chi connectivity index (χ1n) is 4.02. The molecule has 1 atom stereocenters. The van der Waals surface area contributed by atoms with Crippen LogP contribution in [0.15, 0.2) is 30.3 Å². The third-order valence-corrected chi connectivity index (χ3v) is 3.51. The lowest BCUT2D eigenvalue weighted by Crippen LogP contribution is -2.08. The van der Waals surface area contributed by atoms with Crippen molar-refractivity contribution in [1.82, 2.24) is 0 Å². The van der Waals surface area contributed by atoms with Crippen LogP contribution in [0.4, 0.5) is 0 Å². The normalized spacial score (nSPS) is 14.3. The van der Waals surface area contributed by atoms with Crippen LogP contribution in [0.1, 0.15) is 0 Å². The standard InChI is InChI=1S/C10H11O3P/c1-3-9-13-14(11,12-2)10-7-5-4-6-8-10/h1,4-8H,9H2,2H3. The van der Waals surface area contributed by atoms with Crippen molar-refractivity contribution in [3.63, 3.8) is 0 Å². The van der Waals surface area contributed by atoms with Crippen LogP contribution in [0, 0.1) is 12.3 Å². The first-order chi connectivity index (χ1) is 6.73. The molecule has 0 aliphatic carbocycles. The summed E-state index contributed by atoms with van der Waals surface area (Å²) < 4.78 is 21.9. The minimum Gasteiger partial charge on any atom is -0.309 e. The Bertz CT molecular complexity index is 367. The van der Waals surface area contributed by atoms with E-state index in [4.69, 9.17) is 15.5 Å². The third-order valence-electron chi connectivity index (χ3n) is 1.63. The summed E-state index contributed by atoms with van der Waals surface area (Å²) in [5.41, 5.74) is 0. The molecule has 0 bridgehead atoms. The van der Waals surface area contributed by atoms with E-state index in [1.54, 1.807) is 24.3 Å². The fraction of sp³-hybridized carbons (Fsp3) is 0.200. The van der Waals surface area contributed by atoms with Gasteiger partial charge >= 0.3 is 7.60 Å². The first kappa shape index (κ1) is 11.0. The van der Waals surface area contributed by atoms with Gasteiger partial charge in [0.05, 0.1) is 5.30 Å². The number of benzene rings is 1. The van der Waals surface area contributed by atoms with Crippen LogP contribution >= 0.6 is 7.60 Å². The van der Waals surface area contributed by atoms with E-state index in [0.29, 0.717) is 5.30 Å². The molecular weight excluding hydrogens is 199 g/mol. The average molecular weight is 210 g/mol. The summed E-state index contributed by atoms with van der Waals surface area (Å²) in [6, 6.07) is 8.72. The molecule has 14 heavy (non-hydrogen) atoms. The smallest absolute Gasteiger partial charge is 0.309 e. The number of terminal acetylenes is 1. The van der Waals surface area contributed by atoms with Crippen molar-refractivity contribution in [3.05, 3.63) is 30.3 Å². The van der Waals surface area contributed by atoms with Crippen LogP contribution in [0.2, 0.25) is 0 Å². The van der Waals surface area contributed by atoms with Crippen molar-refractivity contribution < 1.29 is 13.6 Å². The van der Waals surface area contributed by atoms with E-state index < -0.39 is 7.60 Å². The van der Waals surface area contributed by atoms with Gasteiger partial charge in [0, 0.05) is 7.11 Å². The zero-order valence-corrected chi connectivity index (χ0v) is 8.74. The van der Waals surface area contributed by atoms with Gasteiger partial charge in [-0.15, -0.1) is 6.42 Å². The lowest BCUT2D eigenvalue weighted by Gasteiger charge is -2.14. The largest absolute Gasteiger partial charge is 0.361 e. The Morgan fingerprint density at radius 2 is 2.07 bits per heavy atom. The van der Waals surface area contributed by atoms with E-state index in [-0.39, 0.29) is 6.61 Å². The van der Waals surface area contributed by atoms with Gasteiger partial charge < -0.3 is 4.52 Å². The highest BCUT2D eigenvalue weighted by molar-refractivity contribution is 7.62. The second kappa shape index (κ2) is 4.97. The van der Waals surface area contributed by atoms with E-state index >= 15 is 0 Å². The van der Waals surface area contributed by atoms with Gasteiger partial charge in [-0.25, -0.2) is 0 Å². The molecule has 0 N–H and O–H groups in total. The van der Waals surface area contributed by atoms with Crippen LogP contribution in [0.3, 0.4) is 0 Å². The molecule has 0 aliphatic heterocycles. The lowest BCUT2D eigenvalue weighted by atomic mass is 10.4. The zero-order valence-electron chi connectivity index (χ0n) is 7.84. The zero-order chi connectivity index (χ0) is 10.4. The van der Waals surface area contributed by atoms with Gasteiger partial charge in [-0.2, -0.15) is 0 Å². The van der Waals surface area contributed by atoms with Crippen LogP contribution in [0.25, 0.3) is 0 Å². The molecule has 1 aromatic rings. The average Bonchev–Trinajstić information content (AvgIpc) is 2.27. The Morgan fingerprint density at radius 3 is 2.57 bits per heavy atom.